The summed E-state index contributed by atoms with van der Waals surface area (Å²) in [6.45, 7) is 7.94. The van der Waals surface area contributed by atoms with Gasteiger partial charge in [0, 0.05) is 12.0 Å². The van der Waals surface area contributed by atoms with Gasteiger partial charge in [0.1, 0.15) is 18.2 Å². The molecule has 0 spiro atoms. The number of para-hydroxylation sites is 1. The average Bonchev–Trinajstić information content (AvgIpc) is 2.87. The fraction of sp³-hybridized carbons (Fsp3) is 0.594. The first-order valence-corrected chi connectivity index (χ1v) is 14.2. The highest BCUT2D eigenvalue weighted by Crippen LogP contribution is 2.24. The van der Waals surface area contributed by atoms with Crippen LogP contribution in [0.5, 0.6) is 5.75 Å². The summed E-state index contributed by atoms with van der Waals surface area (Å²) in [5, 5.41) is 0. The van der Waals surface area contributed by atoms with E-state index in [1.54, 1.807) is 0 Å². The van der Waals surface area contributed by atoms with Gasteiger partial charge in [-0.25, -0.2) is 0 Å². The van der Waals surface area contributed by atoms with Gasteiger partial charge in [0.2, 0.25) is 6.29 Å². The van der Waals surface area contributed by atoms with Crippen LogP contribution in [0.2, 0.25) is 0 Å². The van der Waals surface area contributed by atoms with Crippen LogP contribution < -0.4 is 4.74 Å². The van der Waals surface area contributed by atoms with Gasteiger partial charge in [0.15, 0.2) is 0 Å². The van der Waals surface area contributed by atoms with Crippen LogP contribution in [0.4, 0.5) is 0 Å². The molecular weight excluding hydrogens is 446 g/mol. The molecule has 0 amide bonds. The average molecular weight is 497 g/mol. The van der Waals surface area contributed by atoms with Gasteiger partial charge in [-0.15, -0.1) is 0 Å². The second-order valence-electron chi connectivity index (χ2n) is 10.7. The molecule has 2 atom stereocenters. The molecule has 0 bridgehead atoms. The molecule has 4 heteroatoms. The number of nitrogens with zero attached hydrogens (tertiary/aromatic N) is 1. The number of hydrogen-bond acceptors (Lipinski definition) is 3. The van der Waals surface area contributed by atoms with Crippen molar-refractivity contribution in [1.82, 2.24) is 0 Å². The Balaban J connectivity index is 1.90. The zero-order valence-electron chi connectivity index (χ0n) is 23.5. The number of hydrogen-bond donors (Lipinski definition) is 0. The predicted molar refractivity (Wildman–Crippen MR) is 150 cm³/mol. The van der Waals surface area contributed by atoms with Gasteiger partial charge in [-0.3, -0.25) is 4.79 Å². The second kappa shape index (κ2) is 16.4. The molecule has 0 aliphatic rings. The highest BCUT2D eigenvalue weighted by atomic mass is 16.7. The van der Waals surface area contributed by atoms with Crippen LogP contribution in [0.3, 0.4) is 0 Å². The maximum absolute atomic E-state index is 13.2. The van der Waals surface area contributed by atoms with Crippen LogP contribution in [0.25, 0.3) is 0 Å². The molecule has 2 aromatic rings. The molecule has 2 aromatic carbocycles. The molecule has 0 aliphatic heterocycles. The Bertz CT molecular complexity index is 865. The van der Waals surface area contributed by atoms with E-state index in [0.29, 0.717) is 6.42 Å². The first-order chi connectivity index (χ1) is 17.4. The fourth-order valence-corrected chi connectivity index (χ4v) is 4.77. The Labute approximate surface area is 220 Å². The van der Waals surface area contributed by atoms with E-state index in [-0.39, 0.29) is 11.9 Å². The number of esters is 1. The van der Waals surface area contributed by atoms with Crippen molar-refractivity contribution >= 4 is 5.97 Å². The first kappa shape index (κ1) is 29.9. The number of carbonyl (C=O) groups excluding carboxylic acids is 1. The second-order valence-corrected chi connectivity index (χ2v) is 10.7. The topological polar surface area (TPSA) is 35.5 Å². The van der Waals surface area contributed by atoms with Crippen LogP contribution in [0, 0.1) is 5.92 Å². The smallest absolute Gasteiger partial charge is 0.317 e. The van der Waals surface area contributed by atoms with Crippen molar-refractivity contribution in [1.29, 1.82) is 0 Å². The summed E-state index contributed by atoms with van der Waals surface area (Å²) < 4.78 is 12.9. The maximum atomic E-state index is 13.2. The minimum atomic E-state index is -0.563. The van der Waals surface area contributed by atoms with Crippen LogP contribution >= 0.6 is 0 Å². The Hall–Kier alpha value is -2.33. The van der Waals surface area contributed by atoms with E-state index in [1.807, 2.05) is 25.1 Å². The monoisotopic (exact) mass is 496 g/mol. The SMILES string of the molecule is CCCCCCCCCc1ccccc1OC(CC)OC(=O)C(CC)C[N+](C)(C)Cc1ccccc1. The first-order valence-electron chi connectivity index (χ1n) is 14.2. The molecule has 200 valence electrons. The summed E-state index contributed by atoms with van der Waals surface area (Å²) in [4.78, 5) is 13.2. The number of rotatable bonds is 18. The van der Waals surface area contributed by atoms with E-state index in [2.05, 4.69) is 64.3 Å². The van der Waals surface area contributed by atoms with Gasteiger partial charge in [0.25, 0.3) is 0 Å². The largest absolute Gasteiger partial charge is 0.455 e. The van der Waals surface area contributed by atoms with Gasteiger partial charge in [0.05, 0.1) is 20.6 Å². The van der Waals surface area contributed by atoms with Gasteiger partial charge in [-0.1, -0.05) is 108 Å². The molecule has 0 aromatic heterocycles. The number of aryl methyl sites for hydroxylation is 1. The highest BCUT2D eigenvalue weighted by Gasteiger charge is 2.30. The number of benzene rings is 2. The fourth-order valence-electron chi connectivity index (χ4n) is 4.77. The number of quaternary nitrogens is 1. The molecule has 0 radical (unpaired) electrons. The number of unbranched alkanes of at least 4 members (excludes halogenated alkanes) is 6. The summed E-state index contributed by atoms with van der Waals surface area (Å²) in [5.41, 5.74) is 2.48. The third-order valence-corrected chi connectivity index (χ3v) is 6.86. The van der Waals surface area contributed by atoms with Crippen molar-refractivity contribution in [3.63, 3.8) is 0 Å². The van der Waals surface area contributed by atoms with Crippen molar-refractivity contribution in [2.45, 2.75) is 97.8 Å². The highest BCUT2D eigenvalue weighted by molar-refractivity contribution is 5.72. The lowest BCUT2D eigenvalue weighted by Gasteiger charge is -2.33. The molecule has 4 nitrogen and oxygen atoms in total. The molecule has 36 heavy (non-hydrogen) atoms. The van der Waals surface area contributed by atoms with E-state index in [0.717, 1.165) is 42.6 Å². The van der Waals surface area contributed by atoms with Crippen molar-refractivity contribution in [2.75, 3.05) is 20.6 Å². The lowest BCUT2D eigenvalue weighted by atomic mass is 10.0. The lowest BCUT2D eigenvalue weighted by Crippen LogP contribution is -2.45. The van der Waals surface area contributed by atoms with Crippen LogP contribution in [-0.2, 0) is 22.5 Å². The van der Waals surface area contributed by atoms with Gasteiger partial charge < -0.3 is 14.0 Å². The molecule has 0 aliphatic carbocycles. The van der Waals surface area contributed by atoms with E-state index in [1.165, 1.54) is 49.7 Å². The maximum Gasteiger partial charge on any atom is 0.317 e. The Morgan fingerprint density at radius 2 is 1.44 bits per heavy atom. The van der Waals surface area contributed by atoms with Gasteiger partial charge in [-0.05, 0) is 30.9 Å². The van der Waals surface area contributed by atoms with Crippen molar-refractivity contribution in [2.24, 2.45) is 5.92 Å². The third kappa shape index (κ3) is 11.2. The van der Waals surface area contributed by atoms with E-state index in [4.69, 9.17) is 9.47 Å². The number of ether oxygens (including phenoxy) is 2. The quantitative estimate of drug-likeness (QED) is 0.0909. The minimum Gasteiger partial charge on any atom is -0.455 e. The third-order valence-electron chi connectivity index (χ3n) is 6.86. The van der Waals surface area contributed by atoms with Gasteiger partial charge >= 0.3 is 5.97 Å². The van der Waals surface area contributed by atoms with E-state index >= 15 is 0 Å². The number of carbonyl (C=O) groups is 1. The van der Waals surface area contributed by atoms with Crippen molar-refractivity contribution in [3.8, 4) is 5.75 Å². The van der Waals surface area contributed by atoms with E-state index < -0.39 is 6.29 Å². The zero-order chi connectivity index (χ0) is 26.2. The Morgan fingerprint density at radius 1 is 0.806 bits per heavy atom. The standard InChI is InChI=1S/C32H50NO3/c1-6-9-10-11-12-13-17-22-29-23-18-19-24-30(29)35-31(8-3)36-32(34)28(7-2)26-33(4,5)25-27-20-15-14-16-21-27/h14-16,18-21,23-24,28,31H,6-13,17,22,25-26H2,1-5H3/q+1. The van der Waals surface area contributed by atoms with Crippen LogP contribution in [-0.4, -0.2) is 37.4 Å². The van der Waals surface area contributed by atoms with Crippen molar-refractivity contribution < 1.29 is 18.8 Å². The Kier molecular flexibility index (Phi) is 13.6. The summed E-state index contributed by atoms with van der Waals surface area (Å²) in [7, 11) is 4.35. The lowest BCUT2D eigenvalue weighted by molar-refractivity contribution is -0.906. The molecule has 0 heterocycles. The predicted octanol–water partition coefficient (Wildman–Crippen LogP) is 7.94. The van der Waals surface area contributed by atoms with Gasteiger partial charge in [-0.2, -0.15) is 0 Å². The summed E-state index contributed by atoms with van der Waals surface area (Å²) >= 11 is 0. The molecule has 2 rings (SSSR count). The zero-order valence-corrected chi connectivity index (χ0v) is 23.5. The molecule has 0 N–H and O–H groups in total. The molecule has 0 fully saturated rings. The molecule has 0 saturated heterocycles. The van der Waals surface area contributed by atoms with E-state index in [9.17, 15) is 4.79 Å². The molecule has 2 unspecified atom stereocenters. The van der Waals surface area contributed by atoms with Crippen LogP contribution in [0.1, 0.15) is 89.7 Å². The summed E-state index contributed by atoms with van der Waals surface area (Å²) in [6, 6.07) is 18.7. The van der Waals surface area contributed by atoms with Crippen molar-refractivity contribution in [3.05, 3.63) is 65.7 Å². The summed E-state index contributed by atoms with van der Waals surface area (Å²) in [5.74, 6) is 0.522. The normalized spacial score (nSPS) is 13.2. The molecule has 0 saturated carbocycles. The minimum absolute atomic E-state index is 0.159. The summed E-state index contributed by atoms with van der Waals surface area (Å²) in [6.07, 6.45) is 10.8. The van der Waals surface area contributed by atoms with Crippen LogP contribution in [0.15, 0.2) is 54.6 Å². The Morgan fingerprint density at radius 3 is 2.11 bits per heavy atom. The molecular formula is C32H50NO3+.